The third-order valence-electron chi connectivity index (χ3n) is 2.14. The Morgan fingerprint density at radius 1 is 1.44 bits per heavy atom. The van der Waals surface area contributed by atoms with Crippen molar-refractivity contribution in [2.75, 3.05) is 0 Å². The second-order valence-electron chi connectivity index (χ2n) is 3.43. The topological polar surface area (TPSA) is 60.7 Å². The van der Waals surface area contributed by atoms with E-state index in [1.54, 1.807) is 19.3 Å². The molecule has 0 saturated carbocycles. The highest BCUT2D eigenvalue weighted by molar-refractivity contribution is 9.10. The maximum absolute atomic E-state index is 12.1. The zero-order valence-corrected chi connectivity index (χ0v) is 10.4. The first-order valence-corrected chi connectivity index (χ1v) is 5.40. The Morgan fingerprint density at radius 2 is 2.19 bits per heavy atom. The highest BCUT2D eigenvalue weighted by Gasteiger charge is 2.18. The monoisotopic (exact) mass is 280 g/mol. The van der Waals surface area contributed by atoms with Crippen LogP contribution >= 0.6 is 15.9 Å². The van der Waals surface area contributed by atoms with Crippen LogP contribution in [0.5, 0.6) is 0 Å². The molecule has 2 heterocycles. The number of nitrogens with zero attached hydrogens (tertiary/aromatic N) is 4. The van der Waals surface area contributed by atoms with Gasteiger partial charge >= 0.3 is 0 Å². The van der Waals surface area contributed by atoms with Gasteiger partial charge in [0.25, 0.3) is 0 Å². The minimum absolute atomic E-state index is 0.143. The van der Waals surface area contributed by atoms with Crippen molar-refractivity contribution in [1.29, 1.82) is 0 Å². The van der Waals surface area contributed by atoms with E-state index in [1.165, 1.54) is 10.9 Å². The fourth-order valence-electron chi connectivity index (χ4n) is 1.39. The van der Waals surface area contributed by atoms with E-state index in [2.05, 4.69) is 31.2 Å². The van der Waals surface area contributed by atoms with Gasteiger partial charge in [-0.25, -0.2) is 4.68 Å². The van der Waals surface area contributed by atoms with Gasteiger partial charge < -0.3 is 0 Å². The van der Waals surface area contributed by atoms with Crippen molar-refractivity contribution in [1.82, 2.24) is 20.0 Å². The van der Waals surface area contributed by atoms with Gasteiger partial charge in [0.1, 0.15) is 5.69 Å². The summed E-state index contributed by atoms with van der Waals surface area (Å²) in [6.45, 7) is 1.89. The van der Waals surface area contributed by atoms with E-state index in [1.807, 2.05) is 6.92 Å². The van der Waals surface area contributed by atoms with Gasteiger partial charge in [-0.05, 0) is 34.5 Å². The molecular weight excluding hydrogens is 272 g/mol. The molecule has 0 atom stereocenters. The standard InChI is InChI=1S/C10H9BrN4O/c1-6-3-7(5-12-4-6)9(16)8-10(11)13-14-15(8)2/h3-5H,1-2H3. The van der Waals surface area contributed by atoms with Crippen molar-refractivity contribution >= 4 is 21.7 Å². The summed E-state index contributed by atoms with van der Waals surface area (Å²) < 4.78 is 1.89. The Labute approximate surface area is 101 Å². The number of halogens is 1. The average Bonchev–Trinajstić information content (AvgIpc) is 2.58. The van der Waals surface area contributed by atoms with E-state index in [9.17, 15) is 4.79 Å². The normalized spacial score (nSPS) is 10.4. The summed E-state index contributed by atoms with van der Waals surface area (Å²) in [5, 5.41) is 7.54. The molecule has 0 spiro atoms. The summed E-state index contributed by atoms with van der Waals surface area (Å²) in [4.78, 5) is 16.1. The summed E-state index contributed by atoms with van der Waals surface area (Å²) in [6, 6.07) is 1.79. The highest BCUT2D eigenvalue weighted by Crippen LogP contribution is 2.16. The molecule has 0 amide bonds. The molecule has 0 aliphatic rings. The molecule has 6 heteroatoms. The summed E-state index contributed by atoms with van der Waals surface area (Å²) in [6.07, 6.45) is 3.24. The second-order valence-corrected chi connectivity index (χ2v) is 4.18. The van der Waals surface area contributed by atoms with Crippen LogP contribution in [0.25, 0.3) is 0 Å². The van der Waals surface area contributed by atoms with E-state index < -0.39 is 0 Å². The first-order chi connectivity index (χ1) is 7.59. The number of ketones is 1. The Hall–Kier alpha value is -1.56. The molecule has 0 aliphatic carbocycles. The van der Waals surface area contributed by atoms with Crippen molar-refractivity contribution in [3.05, 3.63) is 39.9 Å². The van der Waals surface area contributed by atoms with E-state index >= 15 is 0 Å². The van der Waals surface area contributed by atoms with E-state index in [-0.39, 0.29) is 5.78 Å². The quantitative estimate of drug-likeness (QED) is 0.783. The van der Waals surface area contributed by atoms with Crippen molar-refractivity contribution in [2.24, 2.45) is 7.05 Å². The Balaban J connectivity index is 2.47. The molecular formula is C10H9BrN4O. The summed E-state index contributed by atoms with van der Waals surface area (Å²) in [5.41, 5.74) is 1.90. The zero-order chi connectivity index (χ0) is 11.7. The summed E-state index contributed by atoms with van der Waals surface area (Å²) >= 11 is 3.20. The first-order valence-electron chi connectivity index (χ1n) is 4.61. The Bertz CT molecular complexity index is 530. The molecule has 5 nitrogen and oxygen atoms in total. The van der Waals surface area contributed by atoms with Crippen molar-refractivity contribution in [3.63, 3.8) is 0 Å². The van der Waals surface area contributed by atoms with Gasteiger partial charge in [-0.2, -0.15) is 0 Å². The van der Waals surface area contributed by atoms with Crippen LogP contribution < -0.4 is 0 Å². The number of hydrogen-bond acceptors (Lipinski definition) is 4. The molecule has 82 valence electrons. The lowest BCUT2D eigenvalue weighted by Crippen LogP contribution is -2.09. The minimum atomic E-state index is -0.143. The smallest absolute Gasteiger partial charge is 0.215 e. The molecule has 2 aromatic heterocycles. The van der Waals surface area contributed by atoms with Gasteiger partial charge in [-0.1, -0.05) is 5.21 Å². The fraction of sp³-hybridized carbons (Fsp3) is 0.200. The third-order valence-corrected chi connectivity index (χ3v) is 2.67. The van der Waals surface area contributed by atoms with Crippen LogP contribution in [0.15, 0.2) is 23.1 Å². The molecule has 2 rings (SSSR count). The predicted octanol–water partition coefficient (Wildman–Crippen LogP) is 1.51. The van der Waals surface area contributed by atoms with E-state index in [0.29, 0.717) is 15.9 Å². The second kappa shape index (κ2) is 4.13. The largest absolute Gasteiger partial charge is 0.287 e. The number of pyridine rings is 1. The molecule has 0 N–H and O–H groups in total. The van der Waals surface area contributed by atoms with Crippen LogP contribution in [-0.4, -0.2) is 25.8 Å². The van der Waals surface area contributed by atoms with Crippen LogP contribution in [0.2, 0.25) is 0 Å². The Morgan fingerprint density at radius 3 is 2.75 bits per heavy atom. The summed E-state index contributed by atoms with van der Waals surface area (Å²) in [5.74, 6) is -0.143. The number of aromatic nitrogens is 4. The number of rotatable bonds is 2. The lowest BCUT2D eigenvalue weighted by atomic mass is 10.1. The number of carbonyl (C=O) groups excluding carboxylic acids is 1. The maximum atomic E-state index is 12.1. The molecule has 16 heavy (non-hydrogen) atoms. The van der Waals surface area contributed by atoms with Gasteiger partial charge in [0.2, 0.25) is 5.78 Å². The van der Waals surface area contributed by atoms with Crippen LogP contribution in [0.1, 0.15) is 21.6 Å². The van der Waals surface area contributed by atoms with Crippen molar-refractivity contribution in [2.45, 2.75) is 6.92 Å². The van der Waals surface area contributed by atoms with E-state index in [4.69, 9.17) is 0 Å². The summed E-state index contributed by atoms with van der Waals surface area (Å²) in [7, 11) is 1.67. The SMILES string of the molecule is Cc1cncc(C(=O)c2c(Br)nnn2C)c1. The van der Waals surface area contributed by atoms with Crippen molar-refractivity contribution in [3.8, 4) is 0 Å². The molecule has 0 radical (unpaired) electrons. The number of aryl methyl sites for hydroxylation is 2. The molecule has 0 unspecified atom stereocenters. The van der Waals surface area contributed by atoms with Gasteiger partial charge in [-0.3, -0.25) is 9.78 Å². The predicted molar refractivity (Wildman–Crippen MR) is 61.1 cm³/mol. The van der Waals surface area contributed by atoms with Gasteiger partial charge in [-0.15, -0.1) is 5.10 Å². The highest BCUT2D eigenvalue weighted by atomic mass is 79.9. The van der Waals surface area contributed by atoms with Crippen molar-refractivity contribution < 1.29 is 4.79 Å². The van der Waals surface area contributed by atoms with Crippen LogP contribution in [0, 0.1) is 6.92 Å². The molecule has 0 aliphatic heterocycles. The van der Waals surface area contributed by atoms with Gasteiger partial charge in [0, 0.05) is 25.0 Å². The lowest BCUT2D eigenvalue weighted by molar-refractivity contribution is 0.102. The zero-order valence-electron chi connectivity index (χ0n) is 8.81. The van der Waals surface area contributed by atoms with E-state index in [0.717, 1.165) is 5.56 Å². The maximum Gasteiger partial charge on any atom is 0.215 e. The molecule has 0 aromatic carbocycles. The Kier molecular flexibility index (Phi) is 2.82. The van der Waals surface area contributed by atoms with Crippen LogP contribution in [0.4, 0.5) is 0 Å². The average molecular weight is 281 g/mol. The minimum Gasteiger partial charge on any atom is -0.287 e. The molecule has 0 bridgehead atoms. The van der Waals surface area contributed by atoms with Gasteiger partial charge in [0.15, 0.2) is 4.60 Å². The first kappa shape index (κ1) is 10.9. The molecule has 2 aromatic rings. The van der Waals surface area contributed by atoms with Crippen LogP contribution in [-0.2, 0) is 7.05 Å². The number of carbonyl (C=O) groups is 1. The molecule has 0 saturated heterocycles. The fourth-order valence-corrected chi connectivity index (χ4v) is 1.90. The molecule has 0 fully saturated rings. The van der Waals surface area contributed by atoms with Gasteiger partial charge in [0.05, 0.1) is 0 Å². The van der Waals surface area contributed by atoms with Crippen LogP contribution in [0.3, 0.4) is 0 Å². The number of hydrogen-bond donors (Lipinski definition) is 0. The lowest BCUT2D eigenvalue weighted by Gasteiger charge is -2.01. The third kappa shape index (κ3) is 1.88.